The van der Waals surface area contributed by atoms with Crippen molar-refractivity contribution in [3.63, 3.8) is 0 Å². The van der Waals surface area contributed by atoms with Crippen LogP contribution in [0.15, 0.2) is 5.16 Å². The van der Waals surface area contributed by atoms with Gasteiger partial charge in [-0.25, -0.2) is 18.2 Å². The van der Waals surface area contributed by atoms with Gasteiger partial charge in [-0.05, 0) is 33.6 Å². The topological polar surface area (TPSA) is 116 Å². The van der Waals surface area contributed by atoms with Crippen molar-refractivity contribution in [2.24, 2.45) is 0 Å². The Labute approximate surface area is 169 Å². The summed E-state index contributed by atoms with van der Waals surface area (Å²) in [5.41, 5.74) is -0.564. The second-order valence-corrected chi connectivity index (χ2v) is 10.3. The minimum atomic E-state index is -3.69. The van der Waals surface area contributed by atoms with Crippen molar-refractivity contribution in [3.05, 3.63) is 10.7 Å². The summed E-state index contributed by atoms with van der Waals surface area (Å²) in [7, 11) is -3.69. The molecular weight excluding hydrogens is 406 g/mol. The Kier molecular flexibility index (Phi) is 5.18. The standard InChI is InChI=1S/C17H22ClN5O4S/c1-17(2,3)27-16(24)23-10-5-6-11(23)9-22(8-10)14-12(7-19)13(18)20-15(21-14)28(4,25)26/h10-11H,5-6,8-9H2,1-4H3. The predicted molar refractivity (Wildman–Crippen MR) is 102 cm³/mol. The van der Waals surface area contributed by atoms with Crippen LogP contribution in [0.1, 0.15) is 39.2 Å². The average molecular weight is 428 g/mol. The lowest BCUT2D eigenvalue weighted by molar-refractivity contribution is 0.0122. The summed E-state index contributed by atoms with van der Waals surface area (Å²) in [6, 6.07) is 1.73. The Morgan fingerprint density at radius 3 is 2.29 bits per heavy atom. The van der Waals surface area contributed by atoms with Gasteiger partial charge in [0.2, 0.25) is 15.0 Å². The summed E-state index contributed by atoms with van der Waals surface area (Å²) >= 11 is 6.05. The van der Waals surface area contributed by atoms with Gasteiger partial charge in [0, 0.05) is 19.3 Å². The molecule has 0 spiro atoms. The van der Waals surface area contributed by atoms with Gasteiger partial charge in [-0.1, -0.05) is 11.6 Å². The molecule has 0 radical (unpaired) electrons. The van der Waals surface area contributed by atoms with Gasteiger partial charge < -0.3 is 9.64 Å². The Morgan fingerprint density at radius 1 is 1.25 bits per heavy atom. The van der Waals surface area contributed by atoms with E-state index in [9.17, 15) is 18.5 Å². The van der Waals surface area contributed by atoms with Crippen molar-refractivity contribution < 1.29 is 17.9 Å². The van der Waals surface area contributed by atoms with Crippen LogP contribution >= 0.6 is 11.6 Å². The van der Waals surface area contributed by atoms with Crippen LogP contribution in [0.4, 0.5) is 10.6 Å². The lowest BCUT2D eigenvalue weighted by atomic mass is 10.1. The molecule has 2 unspecified atom stereocenters. The third kappa shape index (κ3) is 4.00. The monoisotopic (exact) mass is 427 g/mol. The van der Waals surface area contributed by atoms with Crippen LogP contribution in [0.2, 0.25) is 5.15 Å². The quantitative estimate of drug-likeness (QED) is 0.519. The summed E-state index contributed by atoms with van der Waals surface area (Å²) in [4.78, 5) is 24.0. The number of anilines is 1. The number of hydrogen-bond acceptors (Lipinski definition) is 8. The molecule has 28 heavy (non-hydrogen) atoms. The van der Waals surface area contributed by atoms with E-state index in [1.54, 1.807) is 4.90 Å². The van der Waals surface area contributed by atoms with Crippen LogP contribution in [0.25, 0.3) is 0 Å². The maximum Gasteiger partial charge on any atom is 0.410 e. The number of piperazine rings is 1. The Hall–Kier alpha value is -2.12. The minimum Gasteiger partial charge on any atom is -0.444 e. The number of nitriles is 1. The first-order valence-electron chi connectivity index (χ1n) is 8.84. The van der Waals surface area contributed by atoms with Gasteiger partial charge in [0.15, 0.2) is 11.0 Å². The molecule has 1 aromatic heterocycles. The molecule has 0 aromatic carbocycles. The summed E-state index contributed by atoms with van der Waals surface area (Å²) < 4.78 is 29.3. The van der Waals surface area contributed by atoms with Gasteiger partial charge in [0.05, 0.1) is 12.1 Å². The third-order valence-electron chi connectivity index (χ3n) is 4.65. The van der Waals surface area contributed by atoms with Crippen LogP contribution in [-0.4, -0.2) is 66.4 Å². The minimum absolute atomic E-state index is 0.0270. The first-order chi connectivity index (χ1) is 12.9. The number of fused-ring (bicyclic) bond motifs is 2. The number of hydrogen-bond donors (Lipinski definition) is 0. The average Bonchev–Trinajstić information content (AvgIpc) is 2.82. The Balaban J connectivity index is 1.92. The maximum atomic E-state index is 12.6. The highest BCUT2D eigenvalue weighted by Crippen LogP contribution is 2.35. The molecule has 2 aliphatic heterocycles. The molecule has 152 valence electrons. The zero-order valence-electron chi connectivity index (χ0n) is 16.1. The number of sulfone groups is 1. The molecule has 2 fully saturated rings. The van der Waals surface area contributed by atoms with Crippen LogP contribution in [0.3, 0.4) is 0 Å². The molecule has 1 aromatic rings. The van der Waals surface area contributed by atoms with Crippen molar-refractivity contribution in [2.75, 3.05) is 24.2 Å². The fourth-order valence-corrected chi connectivity index (χ4v) is 4.35. The van der Waals surface area contributed by atoms with Gasteiger partial charge in [0.1, 0.15) is 17.2 Å². The lowest BCUT2D eigenvalue weighted by Crippen LogP contribution is -2.57. The second kappa shape index (κ2) is 7.04. The van der Waals surface area contributed by atoms with E-state index >= 15 is 0 Å². The maximum absolute atomic E-state index is 12.6. The van der Waals surface area contributed by atoms with Crippen LogP contribution < -0.4 is 4.90 Å². The zero-order valence-corrected chi connectivity index (χ0v) is 17.7. The SMILES string of the molecule is CC(C)(C)OC(=O)N1C2CCC1CN(c1nc(S(C)(=O)=O)nc(Cl)c1C#N)C2. The van der Waals surface area contributed by atoms with Crippen molar-refractivity contribution in [3.8, 4) is 6.07 Å². The van der Waals surface area contributed by atoms with E-state index in [1.807, 2.05) is 31.7 Å². The molecule has 9 nitrogen and oxygen atoms in total. The first kappa shape index (κ1) is 20.6. The number of carbonyl (C=O) groups excluding carboxylic acids is 1. The zero-order chi connectivity index (χ0) is 20.9. The van der Waals surface area contributed by atoms with Crippen LogP contribution in [-0.2, 0) is 14.6 Å². The number of ether oxygens (including phenoxy) is 1. The molecule has 2 aliphatic rings. The summed E-state index contributed by atoms with van der Waals surface area (Å²) in [6.45, 7) is 6.26. The van der Waals surface area contributed by atoms with Gasteiger partial charge >= 0.3 is 6.09 Å². The fraction of sp³-hybridized carbons (Fsp3) is 0.647. The molecule has 11 heteroatoms. The number of halogens is 1. The molecule has 0 N–H and O–H groups in total. The van der Waals surface area contributed by atoms with E-state index in [1.165, 1.54) is 0 Å². The van der Waals surface area contributed by atoms with Crippen molar-refractivity contribution >= 4 is 33.3 Å². The second-order valence-electron chi connectivity index (χ2n) is 8.06. The molecule has 0 saturated carbocycles. The number of rotatable bonds is 2. The molecule has 2 bridgehead atoms. The molecular formula is C17H22ClN5O4S. The largest absolute Gasteiger partial charge is 0.444 e. The molecule has 2 saturated heterocycles. The summed E-state index contributed by atoms with van der Waals surface area (Å²) in [5.74, 6) is 0.184. The van der Waals surface area contributed by atoms with E-state index in [0.29, 0.717) is 13.1 Å². The summed E-state index contributed by atoms with van der Waals surface area (Å²) in [5, 5.41) is 8.84. The highest BCUT2D eigenvalue weighted by Gasteiger charge is 2.45. The normalized spacial score (nSPS) is 22.1. The van der Waals surface area contributed by atoms with E-state index in [0.717, 1.165) is 19.1 Å². The number of nitrogens with zero attached hydrogens (tertiary/aromatic N) is 5. The smallest absolute Gasteiger partial charge is 0.410 e. The van der Waals surface area contributed by atoms with Crippen molar-refractivity contribution in [1.82, 2.24) is 14.9 Å². The van der Waals surface area contributed by atoms with Crippen LogP contribution in [0.5, 0.6) is 0 Å². The molecule has 3 rings (SSSR count). The Bertz CT molecular complexity index is 940. The van der Waals surface area contributed by atoms with E-state index in [4.69, 9.17) is 16.3 Å². The molecule has 3 heterocycles. The van der Waals surface area contributed by atoms with E-state index < -0.39 is 20.6 Å². The van der Waals surface area contributed by atoms with Crippen molar-refractivity contribution in [1.29, 1.82) is 5.26 Å². The fourth-order valence-electron chi connectivity index (χ4n) is 3.58. The van der Waals surface area contributed by atoms with Gasteiger partial charge in [-0.3, -0.25) is 4.90 Å². The number of amides is 1. The number of aromatic nitrogens is 2. The van der Waals surface area contributed by atoms with E-state index in [2.05, 4.69) is 9.97 Å². The predicted octanol–water partition coefficient (Wildman–Crippen LogP) is 1.99. The summed E-state index contributed by atoms with van der Waals surface area (Å²) in [6.07, 6.45) is 2.20. The number of carbonyl (C=O) groups is 1. The Morgan fingerprint density at radius 2 is 1.82 bits per heavy atom. The highest BCUT2D eigenvalue weighted by molar-refractivity contribution is 7.90. The molecule has 2 atom stereocenters. The van der Waals surface area contributed by atoms with Gasteiger partial charge in [-0.2, -0.15) is 10.2 Å². The van der Waals surface area contributed by atoms with E-state index in [-0.39, 0.29) is 34.7 Å². The first-order valence-corrected chi connectivity index (χ1v) is 11.1. The van der Waals surface area contributed by atoms with Gasteiger partial charge in [-0.15, -0.1) is 0 Å². The highest BCUT2D eigenvalue weighted by atomic mass is 35.5. The molecule has 0 aliphatic carbocycles. The lowest BCUT2D eigenvalue weighted by Gasteiger charge is -2.42. The van der Waals surface area contributed by atoms with Crippen LogP contribution in [0, 0.1) is 11.3 Å². The van der Waals surface area contributed by atoms with Gasteiger partial charge in [0.25, 0.3) is 0 Å². The molecule has 1 amide bonds. The van der Waals surface area contributed by atoms with Crippen molar-refractivity contribution in [2.45, 2.75) is 56.5 Å². The third-order valence-corrected chi connectivity index (χ3v) is 5.77.